The maximum absolute atomic E-state index is 3.47. The molecule has 0 spiro atoms. The summed E-state index contributed by atoms with van der Waals surface area (Å²) < 4.78 is 1.14. The average Bonchev–Trinajstić information content (AvgIpc) is 2.03. The molecule has 1 atom stereocenters. The highest BCUT2D eigenvalue weighted by Crippen LogP contribution is 2.17. The Morgan fingerprint density at radius 1 is 1.23 bits per heavy atom. The fourth-order valence-corrected chi connectivity index (χ4v) is 1.79. The normalized spacial score (nSPS) is 13.3. The van der Waals surface area contributed by atoms with Gasteiger partial charge in [-0.2, -0.15) is 0 Å². The van der Waals surface area contributed by atoms with Gasteiger partial charge in [0, 0.05) is 16.6 Å². The van der Waals surface area contributed by atoms with Crippen molar-refractivity contribution in [3.63, 3.8) is 0 Å². The average molecular weight is 242 g/mol. The molecule has 0 radical (unpaired) electrons. The second-order valence-corrected chi connectivity index (χ2v) is 4.51. The van der Waals surface area contributed by atoms with E-state index in [0.29, 0.717) is 12.1 Å². The molecule has 0 saturated carbocycles. The van der Waals surface area contributed by atoms with E-state index in [-0.39, 0.29) is 0 Å². The molecule has 0 amide bonds. The number of hydrogen-bond acceptors (Lipinski definition) is 1. The SMILES string of the molecule is CC(C)N[C@@H](C)c1cccc(Br)c1. The van der Waals surface area contributed by atoms with Crippen LogP contribution < -0.4 is 5.32 Å². The monoisotopic (exact) mass is 241 g/mol. The minimum Gasteiger partial charge on any atom is -0.308 e. The molecule has 1 nitrogen and oxygen atoms in total. The van der Waals surface area contributed by atoms with Gasteiger partial charge in [-0.3, -0.25) is 0 Å². The van der Waals surface area contributed by atoms with Crippen LogP contribution in [0.5, 0.6) is 0 Å². The van der Waals surface area contributed by atoms with E-state index in [9.17, 15) is 0 Å². The van der Waals surface area contributed by atoms with E-state index in [0.717, 1.165) is 4.47 Å². The molecule has 1 N–H and O–H groups in total. The highest BCUT2D eigenvalue weighted by molar-refractivity contribution is 9.10. The van der Waals surface area contributed by atoms with Crippen LogP contribution in [0.25, 0.3) is 0 Å². The van der Waals surface area contributed by atoms with Crippen molar-refractivity contribution in [3.8, 4) is 0 Å². The third-order valence-electron chi connectivity index (χ3n) is 1.93. The maximum Gasteiger partial charge on any atom is 0.0294 e. The highest BCUT2D eigenvalue weighted by Gasteiger charge is 2.05. The molecular weight excluding hydrogens is 226 g/mol. The van der Waals surface area contributed by atoms with Gasteiger partial charge in [-0.05, 0) is 24.6 Å². The molecule has 1 rings (SSSR count). The molecule has 2 heteroatoms. The Labute approximate surface area is 88.7 Å². The van der Waals surface area contributed by atoms with Crippen molar-refractivity contribution in [2.75, 3.05) is 0 Å². The van der Waals surface area contributed by atoms with Gasteiger partial charge in [0.05, 0.1) is 0 Å². The molecule has 0 bridgehead atoms. The van der Waals surface area contributed by atoms with Crippen molar-refractivity contribution in [2.45, 2.75) is 32.9 Å². The van der Waals surface area contributed by atoms with Crippen LogP contribution in [0.1, 0.15) is 32.4 Å². The molecule has 0 aliphatic carbocycles. The number of nitrogens with one attached hydrogen (secondary N) is 1. The number of halogens is 1. The smallest absolute Gasteiger partial charge is 0.0294 e. The Hall–Kier alpha value is -0.340. The molecule has 13 heavy (non-hydrogen) atoms. The second-order valence-electron chi connectivity index (χ2n) is 3.60. The summed E-state index contributed by atoms with van der Waals surface area (Å²) in [7, 11) is 0. The predicted molar refractivity (Wildman–Crippen MR) is 60.8 cm³/mol. The Morgan fingerprint density at radius 2 is 1.92 bits per heavy atom. The van der Waals surface area contributed by atoms with Gasteiger partial charge in [-0.1, -0.05) is 41.9 Å². The Morgan fingerprint density at radius 3 is 2.46 bits per heavy atom. The lowest BCUT2D eigenvalue weighted by molar-refractivity contribution is 0.506. The zero-order valence-corrected chi connectivity index (χ0v) is 9.93. The van der Waals surface area contributed by atoms with Crippen LogP contribution in [0.3, 0.4) is 0 Å². The summed E-state index contributed by atoms with van der Waals surface area (Å²) in [6, 6.07) is 9.35. The van der Waals surface area contributed by atoms with Gasteiger partial charge in [0.25, 0.3) is 0 Å². The van der Waals surface area contributed by atoms with Crippen LogP contribution in [-0.2, 0) is 0 Å². The first-order valence-electron chi connectivity index (χ1n) is 4.61. The number of benzene rings is 1. The summed E-state index contributed by atoms with van der Waals surface area (Å²) in [6.07, 6.45) is 0. The van der Waals surface area contributed by atoms with Gasteiger partial charge in [-0.25, -0.2) is 0 Å². The van der Waals surface area contributed by atoms with Crippen LogP contribution in [0, 0.1) is 0 Å². The van der Waals surface area contributed by atoms with E-state index in [1.54, 1.807) is 0 Å². The minimum atomic E-state index is 0.414. The zero-order valence-electron chi connectivity index (χ0n) is 8.34. The second kappa shape index (κ2) is 4.77. The van der Waals surface area contributed by atoms with E-state index in [4.69, 9.17) is 0 Å². The van der Waals surface area contributed by atoms with Gasteiger partial charge in [0.2, 0.25) is 0 Å². The molecule has 72 valence electrons. The van der Waals surface area contributed by atoms with Gasteiger partial charge in [0.1, 0.15) is 0 Å². The topological polar surface area (TPSA) is 12.0 Å². The van der Waals surface area contributed by atoms with Crippen molar-refractivity contribution in [3.05, 3.63) is 34.3 Å². The first-order chi connectivity index (χ1) is 6.09. The maximum atomic E-state index is 3.47. The molecule has 0 fully saturated rings. The summed E-state index contributed by atoms with van der Waals surface area (Å²) in [5.74, 6) is 0. The molecule has 0 unspecified atom stereocenters. The Kier molecular flexibility index (Phi) is 3.94. The molecule has 1 aromatic carbocycles. The van der Waals surface area contributed by atoms with Crippen LogP contribution in [0.2, 0.25) is 0 Å². The van der Waals surface area contributed by atoms with E-state index >= 15 is 0 Å². The van der Waals surface area contributed by atoms with Crippen molar-refractivity contribution < 1.29 is 0 Å². The lowest BCUT2D eigenvalue weighted by Crippen LogP contribution is -2.25. The van der Waals surface area contributed by atoms with E-state index < -0.39 is 0 Å². The van der Waals surface area contributed by atoms with Crippen molar-refractivity contribution in [1.82, 2.24) is 5.32 Å². The van der Waals surface area contributed by atoms with Crippen LogP contribution in [0.15, 0.2) is 28.7 Å². The van der Waals surface area contributed by atoms with Gasteiger partial charge in [-0.15, -0.1) is 0 Å². The minimum absolute atomic E-state index is 0.414. The molecule has 0 saturated heterocycles. The summed E-state index contributed by atoms with van der Waals surface area (Å²) >= 11 is 3.47. The Balaban J connectivity index is 2.71. The Bertz CT molecular complexity index is 271. The van der Waals surface area contributed by atoms with Gasteiger partial charge >= 0.3 is 0 Å². The molecular formula is C11H16BrN. The lowest BCUT2D eigenvalue weighted by atomic mass is 10.1. The molecule has 0 heterocycles. The molecule has 0 aliphatic heterocycles. The summed E-state index contributed by atoms with van der Waals surface area (Å²) in [5, 5.41) is 3.47. The standard InChI is InChI=1S/C11H16BrN/c1-8(2)13-9(3)10-5-4-6-11(12)7-10/h4-9,13H,1-3H3/t9-/m0/s1. The third kappa shape index (κ3) is 3.49. The highest BCUT2D eigenvalue weighted by atomic mass is 79.9. The molecule has 0 aliphatic rings. The van der Waals surface area contributed by atoms with Crippen molar-refractivity contribution in [2.24, 2.45) is 0 Å². The summed E-state index contributed by atoms with van der Waals surface area (Å²) in [6.45, 7) is 6.50. The predicted octanol–water partition coefficient (Wildman–Crippen LogP) is 3.51. The van der Waals surface area contributed by atoms with Crippen LogP contribution in [0.4, 0.5) is 0 Å². The third-order valence-corrected chi connectivity index (χ3v) is 2.43. The van der Waals surface area contributed by atoms with Gasteiger partial charge < -0.3 is 5.32 Å². The van der Waals surface area contributed by atoms with Gasteiger partial charge in [0.15, 0.2) is 0 Å². The fourth-order valence-electron chi connectivity index (χ4n) is 1.37. The largest absolute Gasteiger partial charge is 0.308 e. The van der Waals surface area contributed by atoms with E-state index in [1.165, 1.54) is 5.56 Å². The zero-order chi connectivity index (χ0) is 9.84. The van der Waals surface area contributed by atoms with Crippen LogP contribution >= 0.6 is 15.9 Å². The van der Waals surface area contributed by atoms with Crippen LogP contribution in [-0.4, -0.2) is 6.04 Å². The van der Waals surface area contributed by atoms with Crippen molar-refractivity contribution >= 4 is 15.9 Å². The quantitative estimate of drug-likeness (QED) is 0.855. The first kappa shape index (κ1) is 10.7. The van der Waals surface area contributed by atoms with Crippen molar-refractivity contribution in [1.29, 1.82) is 0 Å². The lowest BCUT2D eigenvalue weighted by Gasteiger charge is -2.17. The first-order valence-corrected chi connectivity index (χ1v) is 5.40. The molecule has 0 aromatic heterocycles. The number of hydrogen-bond donors (Lipinski definition) is 1. The van der Waals surface area contributed by atoms with E-state index in [1.807, 2.05) is 6.07 Å². The fraction of sp³-hybridized carbons (Fsp3) is 0.455. The summed E-state index contributed by atoms with van der Waals surface area (Å²) in [5.41, 5.74) is 1.32. The summed E-state index contributed by atoms with van der Waals surface area (Å²) in [4.78, 5) is 0. The van der Waals surface area contributed by atoms with E-state index in [2.05, 4.69) is 60.2 Å². The number of rotatable bonds is 3. The molecule has 1 aromatic rings.